The number of nitrogens with zero attached hydrogens (tertiary/aromatic N) is 3. The Hall–Kier alpha value is -1.28. The number of hydrogen-bond acceptors (Lipinski definition) is 5. The van der Waals surface area contributed by atoms with Crippen LogP contribution in [0.15, 0.2) is 27.5 Å². The quantitative estimate of drug-likeness (QED) is 0.773. The monoisotopic (exact) mass is 422 g/mol. The molecule has 1 saturated heterocycles. The zero-order valence-corrected chi connectivity index (χ0v) is 17.0. The summed E-state index contributed by atoms with van der Waals surface area (Å²) < 4.78 is 2.67. The second-order valence-electron chi connectivity index (χ2n) is 6.84. The van der Waals surface area contributed by atoms with E-state index in [2.05, 4.69) is 33.1 Å². The summed E-state index contributed by atoms with van der Waals surface area (Å²) in [5.41, 5.74) is 0.732. The minimum atomic E-state index is -0.407. The number of benzene rings is 1. The van der Waals surface area contributed by atoms with Crippen molar-refractivity contribution in [3.05, 3.63) is 38.9 Å². The van der Waals surface area contributed by atoms with Gasteiger partial charge in [0.25, 0.3) is 5.56 Å². The molecule has 2 aromatic rings. The van der Waals surface area contributed by atoms with E-state index in [0.717, 1.165) is 41.7 Å². The number of aliphatic hydroxyl groups is 1. The first-order valence-electron chi connectivity index (χ1n) is 9.38. The third-order valence-corrected chi connectivity index (χ3v) is 5.46. The van der Waals surface area contributed by atoms with Gasteiger partial charge in [-0.2, -0.15) is 0 Å². The predicted octanol–water partition coefficient (Wildman–Crippen LogP) is 2.29. The van der Waals surface area contributed by atoms with Gasteiger partial charge in [-0.25, -0.2) is 4.98 Å². The fourth-order valence-corrected chi connectivity index (χ4v) is 4.08. The van der Waals surface area contributed by atoms with Crippen LogP contribution >= 0.6 is 15.9 Å². The van der Waals surface area contributed by atoms with Gasteiger partial charge in [-0.1, -0.05) is 29.3 Å². The van der Waals surface area contributed by atoms with E-state index < -0.39 is 6.10 Å². The third-order valence-electron chi connectivity index (χ3n) is 4.96. The first-order chi connectivity index (χ1) is 12.5. The number of β-amino-alcohol motifs (C(OH)–C–C–N with tert-alkyl or cyclic N) is 1. The molecule has 7 heteroatoms. The highest BCUT2D eigenvalue weighted by atomic mass is 79.9. The van der Waals surface area contributed by atoms with Gasteiger partial charge in [-0.05, 0) is 31.5 Å². The Balaban J connectivity index is 2.12. The van der Waals surface area contributed by atoms with Crippen molar-refractivity contribution in [1.82, 2.24) is 19.8 Å². The van der Waals surface area contributed by atoms with Crippen molar-refractivity contribution in [2.45, 2.75) is 45.4 Å². The SMILES string of the molecule is CCCC(c1nc2ccc(Br)cc2c(=O)n1CC)N1CCNC[C@H](O)C1. The van der Waals surface area contributed by atoms with Crippen molar-refractivity contribution in [2.24, 2.45) is 0 Å². The maximum atomic E-state index is 13.1. The van der Waals surface area contributed by atoms with Crippen LogP contribution < -0.4 is 10.9 Å². The molecule has 0 radical (unpaired) electrons. The summed E-state index contributed by atoms with van der Waals surface area (Å²) in [6.45, 7) is 7.57. The molecule has 6 nitrogen and oxygen atoms in total. The molecule has 2 N–H and O–H groups in total. The lowest BCUT2D eigenvalue weighted by atomic mass is 10.1. The molecular weight excluding hydrogens is 396 g/mol. The van der Waals surface area contributed by atoms with Crippen molar-refractivity contribution < 1.29 is 5.11 Å². The summed E-state index contributed by atoms with van der Waals surface area (Å²) in [5, 5.41) is 14.1. The molecule has 1 fully saturated rings. The van der Waals surface area contributed by atoms with E-state index in [1.807, 2.05) is 25.1 Å². The van der Waals surface area contributed by atoms with Crippen LogP contribution in [0.4, 0.5) is 0 Å². The Labute approximate surface area is 162 Å². The molecule has 0 aliphatic carbocycles. The molecule has 1 unspecified atom stereocenters. The molecule has 2 atom stereocenters. The predicted molar refractivity (Wildman–Crippen MR) is 107 cm³/mol. The number of rotatable bonds is 5. The summed E-state index contributed by atoms with van der Waals surface area (Å²) in [6, 6.07) is 5.68. The molecule has 142 valence electrons. The second kappa shape index (κ2) is 8.61. The molecule has 2 heterocycles. The standard InChI is InChI=1S/C19H27BrN4O2/c1-3-5-17(23-9-8-21-11-14(25)12-23)18-22-16-7-6-13(20)10-15(16)19(26)24(18)4-2/h6-7,10,14,17,21,25H,3-5,8-9,11-12H2,1-2H3/t14-,17?/m0/s1. The fraction of sp³-hybridized carbons (Fsp3) is 0.579. The highest BCUT2D eigenvalue weighted by Crippen LogP contribution is 2.26. The fourth-order valence-electron chi connectivity index (χ4n) is 3.72. The van der Waals surface area contributed by atoms with Crippen LogP contribution in [0.3, 0.4) is 0 Å². The molecule has 26 heavy (non-hydrogen) atoms. The number of halogens is 1. The molecule has 0 bridgehead atoms. The topological polar surface area (TPSA) is 70.4 Å². The van der Waals surface area contributed by atoms with E-state index >= 15 is 0 Å². The maximum absolute atomic E-state index is 13.1. The van der Waals surface area contributed by atoms with Crippen LogP contribution in [0, 0.1) is 0 Å². The first-order valence-corrected chi connectivity index (χ1v) is 10.2. The van der Waals surface area contributed by atoms with Crippen LogP contribution in [-0.2, 0) is 6.54 Å². The minimum absolute atomic E-state index is 0.00315. The number of aromatic nitrogens is 2. The molecule has 1 aliphatic rings. The van der Waals surface area contributed by atoms with Gasteiger partial charge in [0.1, 0.15) is 5.82 Å². The zero-order valence-electron chi connectivity index (χ0n) is 15.4. The first kappa shape index (κ1) is 19.5. The van der Waals surface area contributed by atoms with E-state index in [9.17, 15) is 9.90 Å². The molecule has 1 aromatic heterocycles. The number of nitrogens with one attached hydrogen (secondary N) is 1. The highest BCUT2D eigenvalue weighted by Gasteiger charge is 2.28. The van der Waals surface area contributed by atoms with Gasteiger partial charge >= 0.3 is 0 Å². The van der Waals surface area contributed by atoms with Crippen molar-refractivity contribution >= 4 is 26.8 Å². The van der Waals surface area contributed by atoms with Crippen molar-refractivity contribution in [1.29, 1.82) is 0 Å². The van der Waals surface area contributed by atoms with Crippen molar-refractivity contribution in [3.63, 3.8) is 0 Å². The number of aliphatic hydroxyl groups excluding tert-OH is 1. The van der Waals surface area contributed by atoms with E-state index in [1.54, 1.807) is 4.57 Å². The van der Waals surface area contributed by atoms with E-state index in [-0.39, 0.29) is 11.6 Å². The Morgan fingerprint density at radius 1 is 1.42 bits per heavy atom. The van der Waals surface area contributed by atoms with E-state index in [0.29, 0.717) is 25.0 Å². The van der Waals surface area contributed by atoms with E-state index in [1.165, 1.54) is 0 Å². The molecule has 0 amide bonds. The molecule has 1 aromatic carbocycles. The number of fused-ring (bicyclic) bond motifs is 1. The maximum Gasteiger partial charge on any atom is 0.261 e. The average molecular weight is 423 g/mol. The van der Waals surface area contributed by atoms with Gasteiger partial charge in [-0.3, -0.25) is 14.3 Å². The Bertz CT molecular complexity index is 823. The average Bonchev–Trinajstić information content (AvgIpc) is 2.84. The van der Waals surface area contributed by atoms with Crippen LogP contribution in [0.25, 0.3) is 10.9 Å². The smallest absolute Gasteiger partial charge is 0.261 e. The Morgan fingerprint density at radius 2 is 2.23 bits per heavy atom. The van der Waals surface area contributed by atoms with Crippen LogP contribution in [-0.4, -0.2) is 51.8 Å². The van der Waals surface area contributed by atoms with Crippen LogP contribution in [0.2, 0.25) is 0 Å². The molecule has 0 saturated carbocycles. The minimum Gasteiger partial charge on any atom is -0.390 e. The summed E-state index contributed by atoms with van der Waals surface area (Å²) in [5.74, 6) is 0.809. The van der Waals surface area contributed by atoms with E-state index in [4.69, 9.17) is 4.98 Å². The van der Waals surface area contributed by atoms with Crippen LogP contribution in [0.1, 0.15) is 38.6 Å². The van der Waals surface area contributed by atoms with Gasteiger partial charge in [0, 0.05) is 37.2 Å². The van der Waals surface area contributed by atoms with Gasteiger partial charge < -0.3 is 10.4 Å². The third kappa shape index (κ3) is 4.01. The second-order valence-corrected chi connectivity index (χ2v) is 7.75. The normalized spacial score (nSPS) is 20.2. The lowest BCUT2D eigenvalue weighted by molar-refractivity contribution is 0.0971. The summed E-state index contributed by atoms with van der Waals surface area (Å²) in [6.07, 6.45) is 1.49. The molecular formula is C19H27BrN4O2. The van der Waals surface area contributed by atoms with Gasteiger partial charge in [0.05, 0.1) is 23.0 Å². The van der Waals surface area contributed by atoms with Crippen molar-refractivity contribution in [2.75, 3.05) is 26.2 Å². The highest BCUT2D eigenvalue weighted by molar-refractivity contribution is 9.10. The number of hydrogen-bond donors (Lipinski definition) is 2. The van der Waals surface area contributed by atoms with Crippen molar-refractivity contribution in [3.8, 4) is 0 Å². The Kier molecular flexibility index (Phi) is 6.45. The van der Waals surface area contributed by atoms with Gasteiger partial charge in [0.2, 0.25) is 0 Å². The molecule has 3 rings (SSSR count). The van der Waals surface area contributed by atoms with Gasteiger partial charge in [-0.15, -0.1) is 0 Å². The summed E-state index contributed by atoms with van der Waals surface area (Å²) >= 11 is 3.44. The Morgan fingerprint density at radius 3 is 2.96 bits per heavy atom. The lowest BCUT2D eigenvalue weighted by Gasteiger charge is -2.32. The van der Waals surface area contributed by atoms with Crippen LogP contribution in [0.5, 0.6) is 0 Å². The molecule has 0 spiro atoms. The lowest BCUT2D eigenvalue weighted by Crippen LogP contribution is -2.39. The summed E-state index contributed by atoms with van der Waals surface area (Å²) in [4.78, 5) is 20.2. The zero-order chi connectivity index (χ0) is 18.7. The molecule has 1 aliphatic heterocycles. The summed E-state index contributed by atoms with van der Waals surface area (Å²) in [7, 11) is 0. The van der Waals surface area contributed by atoms with Gasteiger partial charge in [0.15, 0.2) is 0 Å². The largest absolute Gasteiger partial charge is 0.390 e.